The highest BCUT2D eigenvalue weighted by atomic mass is 16.5. The third-order valence-corrected chi connectivity index (χ3v) is 8.27. The van der Waals surface area contributed by atoms with Crippen molar-refractivity contribution in [2.75, 3.05) is 19.6 Å². The Kier molecular flexibility index (Phi) is 12.6. The maximum Gasteiger partial charge on any atom is 0.243 e. The molecule has 3 aromatic rings. The van der Waals surface area contributed by atoms with E-state index in [-0.39, 0.29) is 50.3 Å². The van der Waals surface area contributed by atoms with E-state index in [0.29, 0.717) is 42.4 Å². The summed E-state index contributed by atoms with van der Waals surface area (Å²) in [6.45, 7) is 10.7. The Hall–Kier alpha value is -5.08. The molecule has 15 nitrogen and oxygen atoms in total. The molecule has 1 aromatic carbocycles. The van der Waals surface area contributed by atoms with Crippen LogP contribution in [0.5, 0.6) is 0 Å². The Morgan fingerprint density at radius 1 is 0.959 bits per heavy atom. The molecular formula is C34H47N9O6. The van der Waals surface area contributed by atoms with E-state index in [4.69, 9.17) is 4.52 Å². The van der Waals surface area contributed by atoms with E-state index in [1.54, 1.807) is 20.8 Å². The maximum absolute atomic E-state index is 13.6. The zero-order valence-corrected chi connectivity index (χ0v) is 29.0. The van der Waals surface area contributed by atoms with Crippen LogP contribution in [0.25, 0.3) is 11.4 Å². The van der Waals surface area contributed by atoms with Crippen molar-refractivity contribution in [3.63, 3.8) is 0 Å². The highest BCUT2D eigenvalue weighted by Gasteiger charge is 2.29. The molecule has 3 heterocycles. The third-order valence-electron chi connectivity index (χ3n) is 8.27. The molecule has 4 N–H and O–H groups in total. The van der Waals surface area contributed by atoms with E-state index in [1.807, 2.05) is 44.2 Å². The van der Waals surface area contributed by atoms with Crippen LogP contribution in [0.1, 0.15) is 75.8 Å². The summed E-state index contributed by atoms with van der Waals surface area (Å²) in [4.78, 5) is 72.5. The molecular weight excluding hydrogens is 630 g/mol. The largest absolute Gasteiger partial charge is 0.361 e. The van der Waals surface area contributed by atoms with Gasteiger partial charge < -0.3 is 30.7 Å². The third kappa shape index (κ3) is 10.2. The summed E-state index contributed by atoms with van der Waals surface area (Å²) in [5.41, 5.74) is 2.28. The molecule has 0 unspecified atom stereocenters. The molecule has 0 spiro atoms. The van der Waals surface area contributed by atoms with Crippen LogP contribution in [0.15, 0.2) is 34.9 Å². The Morgan fingerprint density at radius 2 is 1.69 bits per heavy atom. The second-order valence-electron chi connectivity index (χ2n) is 12.8. The molecule has 264 valence electrons. The minimum absolute atomic E-state index is 0.0554. The molecule has 0 saturated carbocycles. The average molecular weight is 678 g/mol. The SMILES string of the molecule is Cc1noc(C)c1CCC(=O)N1CCCNC(=O)Cn2nc(-c3ccccc3)nc2[C@H](C)NC(=O)[C@@H](CC(C)C)NC(=O)[C@@H](C)NC(=O)C1. The number of nitrogens with one attached hydrogen (secondary N) is 4. The number of benzene rings is 1. The number of hydrogen-bond donors (Lipinski definition) is 4. The van der Waals surface area contributed by atoms with Crippen molar-refractivity contribution in [3.05, 3.63) is 53.2 Å². The number of amides is 5. The van der Waals surface area contributed by atoms with Gasteiger partial charge in [-0.3, -0.25) is 24.0 Å². The van der Waals surface area contributed by atoms with Gasteiger partial charge in [0.05, 0.1) is 18.3 Å². The van der Waals surface area contributed by atoms with Crippen molar-refractivity contribution in [1.82, 2.24) is 46.1 Å². The number of rotatable bonds is 6. The Balaban J connectivity index is 1.58. The van der Waals surface area contributed by atoms with Crippen LogP contribution in [0.3, 0.4) is 0 Å². The summed E-state index contributed by atoms with van der Waals surface area (Å²) >= 11 is 0. The summed E-state index contributed by atoms with van der Waals surface area (Å²) in [7, 11) is 0. The molecule has 5 amide bonds. The second-order valence-corrected chi connectivity index (χ2v) is 12.8. The number of aromatic nitrogens is 4. The van der Waals surface area contributed by atoms with Crippen LogP contribution >= 0.6 is 0 Å². The Bertz CT molecular complexity index is 1610. The van der Waals surface area contributed by atoms with Crippen molar-refractivity contribution < 1.29 is 28.5 Å². The molecule has 0 saturated heterocycles. The minimum Gasteiger partial charge on any atom is -0.361 e. The summed E-state index contributed by atoms with van der Waals surface area (Å²) < 4.78 is 6.68. The van der Waals surface area contributed by atoms with Crippen molar-refractivity contribution in [3.8, 4) is 11.4 Å². The number of hydrogen-bond acceptors (Lipinski definition) is 9. The number of nitrogens with zero attached hydrogens (tertiary/aromatic N) is 5. The van der Waals surface area contributed by atoms with Crippen LogP contribution < -0.4 is 21.3 Å². The summed E-state index contributed by atoms with van der Waals surface area (Å²) in [6.07, 6.45) is 1.20. The molecule has 49 heavy (non-hydrogen) atoms. The second kappa shape index (κ2) is 16.8. The molecule has 4 rings (SSSR count). The minimum atomic E-state index is -0.982. The fourth-order valence-corrected chi connectivity index (χ4v) is 5.64. The lowest BCUT2D eigenvalue weighted by atomic mass is 10.0. The van der Waals surface area contributed by atoms with Crippen molar-refractivity contribution in [2.45, 2.75) is 91.9 Å². The van der Waals surface area contributed by atoms with Crippen LogP contribution in [-0.4, -0.2) is 86.1 Å². The first-order valence-corrected chi connectivity index (χ1v) is 16.7. The lowest BCUT2D eigenvalue weighted by Gasteiger charge is -2.25. The predicted octanol–water partition coefficient (Wildman–Crippen LogP) is 1.74. The van der Waals surface area contributed by atoms with E-state index in [1.165, 1.54) is 16.5 Å². The molecule has 0 bridgehead atoms. The lowest BCUT2D eigenvalue weighted by Crippen LogP contribution is -2.54. The maximum atomic E-state index is 13.6. The molecule has 0 fully saturated rings. The van der Waals surface area contributed by atoms with Crippen LogP contribution in [0.4, 0.5) is 0 Å². The van der Waals surface area contributed by atoms with Crippen LogP contribution in [-0.2, 0) is 36.9 Å². The van der Waals surface area contributed by atoms with Crippen molar-refractivity contribution >= 4 is 29.5 Å². The van der Waals surface area contributed by atoms with Gasteiger partial charge in [-0.25, -0.2) is 9.67 Å². The van der Waals surface area contributed by atoms with Gasteiger partial charge in [-0.15, -0.1) is 0 Å². The Labute approximate surface area is 285 Å². The topological polar surface area (TPSA) is 193 Å². The van der Waals surface area contributed by atoms with Gasteiger partial charge in [0.1, 0.15) is 30.2 Å². The fourth-order valence-electron chi connectivity index (χ4n) is 5.64. The van der Waals surface area contributed by atoms with Crippen LogP contribution in [0, 0.1) is 19.8 Å². The van der Waals surface area contributed by atoms with E-state index >= 15 is 0 Å². The fraction of sp³-hybridized carbons (Fsp3) is 0.529. The number of carbonyl (C=O) groups excluding carboxylic acids is 5. The van der Waals surface area contributed by atoms with Gasteiger partial charge >= 0.3 is 0 Å². The number of aryl methyl sites for hydroxylation is 2. The van der Waals surface area contributed by atoms with Gasteiger partial charge in [-0.1, -0.05) is 49.3 Å². The standard InChI is InChI=1S/C34H47N9O6/c1-20(2)17-27-34(48)37-22(4)32-39-31(25-11-8-7-9-12-25)40-43(32)19-28(44)35-15-10-16-42(18-29(45)36-23(5)33(47)38-27)30(46)14-13-26-21(3)41-49-24(26)6/h7-9,11-12,20,22-23,27H,10,13-19H2,1-6H3,(H,35,44)(H,36,45)(H,37,48)(H,38,47)/t22-,23+,27+/m0/s1. The Morgan fingerprint density at radius 3 is 2.37 bits per heavy atom. The number of fused-ring (bicyclic) bond motifs is 1. The van der Waals surface area contributed by atoms with Crippen molar-refractivity contribution in [1.29, 1.82) is 0 Å². The first kappa shape index (κ1) is 36.8. The van der Waals surface area contributed by atoms with E-state index in [0.717, 1.165) is 11.1 Å². The summed E-state index contributed by atoms with van der Waals surface area (Å²) in [6, 6.07) is 6.74. The number of carbonyl (C=O) groups is 5. The van der Waals surface area contributed by atoms with E-state index in [2.05, 4.69) is 36.5 Å². The quantitative estimate of drug-likeness (QED) is 0.301. The van der Waals surface area contributed by atoms with Crippen molar-refractivity contribution in [2.24, 2.45) is 5.92 Å². The molecule has 1 aliphatic heterocycles. The lowest BCUT2D eigenvalue weighted by molar-refractivity contribution is -0.137. The normalized spacial score (nSPS) is 20.3. The summed E-state index contributed by atoms with van der Waals surface area (Å²) in [5, 5.41) is 19.8. The van der Waals surface area contributed by atoms with Gasteiger partial charge in [-0.2, -0.15) is 5.10 Å². The molecule has 3 atom stereocenters. The van der Waals surface area contributed by atoms with E-state index in [9.17, 15) is 24.0 Å². The van der Waals surface area contributed by atoms with Gasteiger partial charge in [0, 0.05) is 30.6 Å². The van der Waals surface area contributed by atoms with Gasteiger partial charge in [0.2, 0.25) is 29.5 Å². The summed E-state index contributed by atoms with van der Waals surface area (Å²) in [5.74, 6) is -0.671. The van der Waals surface area contributed by atoms with E-state index < -0.39 is 35.8 Å². The molecule has 0 aliphatic carbocycles. The molecule has 1 aliphatic rings. The van der Waals surface area contributed by atoms with Crippen LogP contribution in [0.2, 0.25) is 0 Å². The predicted molar refractivity (Wildman–Crippen MR) is 180 cm³/mol. The van der Waals surface area contributed by atoms with Gasteiger partial charge in [-0.05, 0) is 52.9 Å². The average Bonchev–Trinajstić information content (AvgIpc) is 3.62. The molecule has 15 heteroatoms. The van der Waals surface area contributed by atoms with Gasteiger partial charge in [0.15, 0.2) is 5.82 Å². The molecule has 2 aromatic heterocycles. The smallest absolute Gasteiger partial charge is 0.243 e. The monoisotopic (exact) mass is 677 g/mol. The first-order valence-electron chi connectivity index (χ1n) is 16.7. The zero-order chi connectivity index (χ0) is 35.7. The van der Waals surface area contributed by atoms with Gasteiger partial charge in [0.25, 0.3) is 0 Å². The highest BCUT2D eigenvalue weighted by Crippen LogP contribution is 2.20. The zero-order valence-electron chi connectivity index (χ0n) is 29.0. The first-order chi connectivity index (χ1) is 23.3. The highest BCUT2D eigenvalue weighted by molar-refractivity contribution is 5.93. The molecule has 0 radical (unpaired) electrons.